The standard InChI is InChI=1S/C18H22N2O2S/c1-15(23(2)22)13-14-19-18(21)20(16-9-5-3-6-10-16)17-11-7-4-8-12-17/h3-12,15H,13-14H2,1-2H3,(H,19,21). The molecule has 2 amide bonds. The minimum atomic E-state index is -0.873. The van der Waals surface area contributed by atoms with Gasteiger partial charge in [0.2, 0.25) is 0 Å². The maximum absolute atomic E-state index is 12.6. The van der Waals surface area contributed by atoms with Crippen LogP contribution in [0.25, 0.3) is 0 Å². The molecule has 0 aliphatic rings. The Morgan fingerprint density at radius 3 is 1.96 bits per heavy atom. The lowest BCUT2D eigenvalue weighted by molar-refractivity contribution is 0.248. The third-order valence-electron chi connectivity index (χ3n) is 3.63. The summed E-state index contributed by atoms with van der Waals surface area (Å²) in [4.78, 5) is 14.3. The molecule has 0 fully saturated rings. The van der Waals surface area contributed by atoms with Gasteiger partial charge in [-0.05, 0) is 30.7 Å². The van der Waals surface area contributed by atoms with Crippen LogP contribution in [0, 0.1) is 0 Å². The van der Waals surface area contributed by atoms with Gasteiger partial charge in [0.1, 0.15) is 0 Å². The number of hydrogen-bond donors (Lipinski definition) is 1. The predicted molar refractivity (Wildman–Crippen MR) is 96.6 cm³/mol. The number of carbonyl (C=O) groups is 1. The second-order valence-corrected chi connectivity index (χ2v) is 7.14. The van der Waals surface area contributed by atoms with E-state index in [0.29, 0.717) is 13.0 Å². The van der Waals surface area contributed by atoms with Crippen LogP contribution in [-0.4, -0.2) is 28.3 Å². The number of anilines is 2. The summed E-state index contributed by atoms with van der Waals surface area (Å²) in [6.07, 6.45) is 2.37. The lowest BCUT2D eigenvalue weighted by atomic mass is 10.2. The summed E-state index contributed by atoms with van der Waals surface area (Å²) in [7, 11) is -0.873. The van der Waals surface area contributed by atoms with Crippen LogP contribution in [0.3, 0.4) is 0 Å². The number of urea groups is 1. The minimum absolute atomic E-state index is 0.0669. The second kappa shape index (κ2) is 8.48. The van der Waals surface area contributed by atoms with Crippen LogP contribution in [0.4, 0.5) is 16.2 Å². The van der Waals surface area contributed by atoms with Gasteiger partial charge in [-0.3, -0.25) is 9.11 Å². The van der Waals surface area contributed by atoms with Gasteiger partial charge in [-0.1, -0.05) is 43.3 Å². The van der Waals surface area contributed by atoms with Gasteiger partial charge < -0.3 is 5.32 Å². The lowest BCUT2D eigenvalue weighted by Crippen LogP contribution is -2.38. The number of rotatable bonds is 6. The van der Waals surface area contributed by atoms with Gasteiger partial charge >= 0.3 is 6.03 Å². The lowest BCUT2D eigenvalue weighted by Gasteiger charge is -2.23. The molecule has 0 saturated heterocycles. The first kappa shape index (κ1) is 17.2. The van der Waals surface area contributed by atoms with Crippen molar-refractivity contribution >= 4 is 28.2 Å². The Hall–Kier alpha value is -2.14. The van der Waals surface area contributed by atoms with Crippen LogP contribution in [0.15, 0.2) is 60.7 Å². The number of benzene rings is 2. The Labute approximate surface area is 140 Å². The summed E-state index contributed by atoms with van der Waals surface area (Å²) in [5.41, 5.74) is 1.62. The zero-order chi connectivity index (χ0) is 16.7. The van der Waals surface area contributed by atoms with E-state index in [4.69, 9.17) is 0 Å². The number of carbonyl (C=O) groups excluding carboxylic acids is 1. The number of nitrogens with one attached hydrogen (secondary N) is 1. The van der Waals surface area contributed by atoms with Crippen LogP contribution >= 0.6 is 0 Å². The zero-order valence-electron chi connectivity index (χ0n) is 13.4. The van der Waals surface area contributed by atoms with E-state index in [1.54, 1.807) is 11.2 Å². The average Bonchev–Trinajstić information content (AvgIpc) is 2.57. The van der Waals surface area contributed by atoms with Crippen molar-refractivity contribution in [1.29, 1.82) is 0 Å². The highest BCUT2D eigenvalue weighted by molar-refractivity contribution is 7.84. The van der Waals surface area contributed by atoms with Gasteiger partial charge in [0.15, 0.2) is 0 Å². The van der Waals surface area contributed by atoms with E-state index in [1.165, 1.54) is 0 Å². The first-order chi connectivity index (χ1) is 11.1. The van der Waals surface area contributed by atoms with E-state index in [2.05, 4.69) is 5.32 Å². The topological polar surface area (TPSA) is 49.4 Å². The number of hydrogen-bond acceptors (Lipinski definition) is 2. The molecule has 0 saturated carbocycles. The van der Waals surface area contributed by atoms with Crippen LogP contribution in [0.2, 0.25) is 0 Å². The fraction of sp³-hybridized carbons (Fsp3) is 0.278. The molecule has 0 bridgehead atoms. The van der Waals surface area contributed by atoms with Gasteiger partial charge in [0.25, 0.3) is 0 Å². The van der Waals surface area contributed by atoms with Gasteiger partial charge in [0.05, 0.1) is 11.4 Å². The maximum atomic E-state index is 12.6. The Morgan fingerprint density at radius 1 is 1.04 bits per heavy atom. The fourth-order valence-corrected chi connectivity index (χ4v) is 2.61. The Bertz CT molecular complexity index is 607. The van der Waals surface area contributed by atoms with E-state index in [0.717, 1.165) is 11.4 Å². The van der Waals surface area contributed by atoms with Gasteiger partial charge in [0, 0.05) is 28.9 Å². The second-order valence-electron chi connectivity index (χ2n) is 5.34. The number of para-hydroxylation sites is 2. The molecule has 1 N–H and O–H groups in total. The van der Waals surface area contributed by atoms with Gasteiger partial charge in [-0.15, -0.1) is 0 Å². The van der Waals surface area contributed by atoms with Crippen molar-refractivity contribution < 1.29 is 9.00 Å². The molecule has 122 valence electrons. The van der Waals surface area contributed by atoms with E-state index in [-0.39, 0.29) is 11.3 Å². The van der Waals surface area contributed by atoms with Crippen LogP contribution in [-0.2, 0) is 10.8 Å². The van der Waals surface area contributed by atoms with Crippen molar-refractivity contribution in [3.63, 3.8) is 0 Å². The van der Waals surface area contributed by atoms with Crippen LogP contribution < -0.4 is 10.2 Å². The monoisotopic (exact) mass is 330 g/mol. The molecule has 0 aliphatic carbocycles. The number of nitrogens with zero attached hydrogens (tertiary/aromatic N) is 1. The summed E-state index contributed by atoms with van der Waals surface area (Å²) in [6, 6.07) is 18.9. The van der Waals surface area contributed by atoms with E-state index in [9.17, 15) is 9.00 Å². The summed E-state index contributed by atoms with van der Waals surface area (Å²) in [5, 5.41) is 2.98. The fourth-order valence-electron chi connectivity index (χ4n) is 2.17. The van der Waals surface area contributed by atoms with Crippen molar-refractivity contribution in [2.24, 2.45) is 0 Å². The molecule has 2 aromatic carbocycles. The van der Waals surface area contributed by atoms with Crippen molar-refractivity contribution in [3.8, 4) is 0 Å². The minimum Gasteiger partial charge on any atom is -0.337 e. The summed E-state index contributed by atoms with van der Waals surface area (Å²) >= 11 is 0. The summed E-state index contributed by atoms with van der Waals surface area (Å²) in [6.45, 7) is 2.42. The molecule has 23 heavy (non-hydrogen) atoms. The zero-order valence-corrected chi connectivity index (χ0v) is 14.3. The highest BCUT2D eigenvalue weighted by Crippen LogP contribution is 2.24. The molecule has 5 heteroatoms. The van der Waals surface area contributed by atoms with Crippen molar-refractivity contribution in [1.82, 2.24) is 5.32 Å². The van der Waals surface area contributed by atoms with E-state index in [1.807, 2.05) is 67.6 Å². The molecule has 0 radical (unpaired) electrons. The molecule has 2 rings (SSSR count). The quantitative estimate of drug-likeness (QED) is 0.878. The van der Waals surface area contributed by atoms with Crippen LogP contribution in [0.1, 0.15) is 13.3 Å². The first-order valence-corrected chi connectivity index (χ1v) is 9.22. The molecular formula is C18H22N2O2S. The van der Waals surface area contributed by atoms with Crippen molar-refractivity contribution in [2.75, 3.05) is 17.7 Å². The highest BCUT2D eigenvalue weighted by Gasteiger charge is 2.17. The third kappa shape index (κ3) is 4.93. The van der Waals surface area contributed by atoms with Crippen LogP contribution in [0.5, 0.6) is 0 Å². The summed E-state index contributed by atoms with van der Waals surface area (Å²) in [5.74, 6) is 0. The molecule has 2 aromatic rings. The normalized spacial score (nSPS) is 13.1. The molecule has 2 atom stereocenters. The third-order valence-corrected chi connectivity index (χ3v) is 4.99. The number of amides is 2. The predicted octanol–water partition coefficient (Wildman–Crippen LogP) is 3.69. The summed E-state index contributed by atoms with van der Waals surface area (Å²) < 4.78 is 11.4. The van der Waals surface area contributed by atoms with Gasteiger partial charge in [-0.2, -0.15) is 0 Å². The highest BCUT2D eigenvalue weighted by atomic mass is 32.2. The molecule has 0 aliphatic heterocycles. The van der Waals surface area contributed by atoms with E-state index >= 15 is 0 Å². The Morgan fingerprint density at radius 2 is 1.52 bits per heavy atom. The van der Waals surface area contributed by atoms with Gasteiger partial charge in [-0.25, -0.2) is 4.79 Å². The molecule has 0 heterocycles. The smallest absolute Gasteiger partial charge is 0.326 e. The molecular weight excluding hydrogens is 308 g/mol. The largest absolute Gasteiger partial charge is 0.337 e. The average molecular weight is 330 g/mol. The molecule has 4 nitrogen and oxygen atoms in total. The van der Waals surface area contributed by atoms with E-state index < -0.39 is 10.8 Å². The molecule has 0 aromatic heterocycles. The SMILES string of the molecule is CC(CCNC(=O)N(c1ccccc1)c1ccccc1)S(C)=O. The maximum Gasteiger partial charge on any atom is 0.326 e. The Kier molecular flexibility index (Phi) is 6.35. The molecule has 2 unspecified atom stereocenters. The molecule has 0 spiro atoms. The van der Waals surface area contributed by atoms with Crippen molar-refractivity contribution in [2.45, 2.75) is 18.6 Å². The first-order valence-electron chi connectivity index (χ1n) is 7.60. The Balaban J connectivity index is 2.12. The van der Waals surface area contributed by atoms with Crippen molar-refractivity contribution in [3.05, 3.63) is 60.7 Å².